The Balaban J connectivity index is 2.57. The summed E-state index contributed by atoms with van der Waals surface area (Å²) < 4.78 is 10.6. The zero-order valence-electron chi connectivity index (χ0n) is 14.1. The third-order valence-corrected chi connectivity index (χ3v) is 4.00. The minimum absolute atomic E-state index is 0.613. The maximum atomic E-state index is 5.38. The van der Waals surface area contributed by atoms with Gasteiger partial charge in [-0.2, -0.15) is 0 Å². The second-order valence-electron chi connectivity index (χ2n) is 5.32. The van der Waals surface area contributed by atoms with Crippen molar-refractivity contribution >= 4 is 23.0 Å². The average Bonchev–Trinajstić information content (AvgIpc) is 2.54. The molecule has 0 bridgehead atoms. The molecule has 0 spiro atoms. The number of hydrogen-bond donors (Lipinski definition) is 2. The summed E-state index contributed by atoms with van der Waals surface area (Å²) in [6, 6.07) is 5.60. The number of methoxy groups -OCH3 is 2. The Labute approximate surface area is 139 Å². The van der Waals surface area contributed by atoms with E-state index in [0.29, 0.717) is 11.0 Å². The van der Waals surface area contributed by atoms with Gasteiger partial charge >= 0.3 is 0 Å². The summed E-state index contributed by atoms with van der Waals surface area (Å²) in [6.07, 6.45) is 4.91. The van der Waals surface area contributed by atoms with E-state index >= 15 is 0 Å². The second-order valence-corrected chi connectivity index (χ2v) is 5.73. The first-order valence-electron chi connectivity index (χ1n) is 7.91. The lowest BCUT2D eigenvalue weighted by Crippen LogP contribution is -2.32. The van der Waals surface area contributed by atoms with Crippen LogP contribution in [0.5, 0.6) is 11.5 Å². The van der Waals surface area contributed by atoms with E-state index in [0.717, 1.165) is 30.2 Å². The Hall–Kier alpha value is -1.49. The van der Waals surface area contributed by atoms with E-state index in [1.807, 2.05) is 18.2 Å². The van der Waals surface area contributed by atoms with Crippen LogP contribution in [0.25, 0.3) is 0 Å². The van der Waals surface area contributed by atoms with E-state index in [4.69, 9.17) is 21.7 Å². The Morgan fingerprint density at radius 3 is 2.59 bits per heavy atom. The topological polar surface area (TPSA) is 42.5 Å². The first-order valence-corrected chi connectivity index (χ1v) is 8.32. The molecule has 0 aliphatic heterocycles. The highest BCUT2D eigenvalue weighted by Crippen LogP contribution is 2.28. The number of thiocarbonyl (C=S) groups is 1. The molecule has 1 rings (SSSR count). The zero-order chi connectivity index (χ0) is 16.4. The summed E-state index contributed by atoms with van der Waals surface area (Å²) in [4.78, 5) is 0. The van der Waals surface area contributed by atoms with Crippen LogP contribution in [-0.4, -0.2) is 25.9 Å². The van der Waals surface area contributed by atoms with Gasteiger partial charge in [-0.3, -0.25) is 0 Å². The lowest BCUT2D eigenvalue weighted by Gasteiger charge is -2.18. The molecule has 0 aromatic heterocycles. The lowest BCUT2D eigenvalue weighted by molar-refractivity contribution is 0.405. The van der Waals surface area contributed by atoms with Crippen molar-refractivity contribution in [3.8, 4) is 11.5 Å². The molecule has 0 amide bonds. The van der Waals surface area contributed by atoms with Gasteiger partial charge in [0.1, 0.15) is 11.5 Å². The van der Waals surface area contributed by atoms with Gasteiger partial charge in [0.2, 0.25) is 0 Å². The van der Waals surface area contributed by atoms with Gasteiger partial charge in [-0.1, -0.05) is 33.1 Å². The predicted molar refractivity (Wildman–Crippen MR) is 97.1 cm³/mol. The fraction of sp³-hybridized carbons (Fsp3) is 0.588. The van der Waals surface area contributed by atoms with Gasteiger partial charge in [-0.05, 0) is 36.7 Å². The number of ether oxygens (including phenoxy) is 2. The molecular formula is C17H28N2O2S. The number of anilines is 1. The fourth-order valence-corrected chi connectivity index (χ4v) is 2.45. The molecule has 0 fully saturated rings. The Kier molecular flexibility index (Phi) is 8.67. The molecule has 22 heavy (non-hydrogen) atoms. The highest BCUT2D eigenvalue weighted by atomic mass is 32.1. The van der Waals surface area contributed by atoms with Gasteiger partial charge in [0.15, 0.2) is 5.11 Å². The van der Waals surface area contributed by atoms with Crippen LogP contribution in [-0.2, 0) is 0 Å². The smallest absolute Gasteiger partial charge is 0.170 e. The van der Waals surface area contributed by atoms with Crippen LogP contribution < -0.4 is 20.1 Å². The number of hydrogen-bond acceptors (Lipinski definition) is 3. The van der Waals surface area contributed by atoms with E-state index in [-0.39, 0.29) is 0 Å². The molecule has 0 aliphatic carbocycles. The molecule has 4 nitrogen and oxygen atoms in total. The lowest BCUT2D eigenvalue weighted by atomic mass is 9.99. The summed E-state index contributed by atoms with van der Waals surface area (Å²) in [5, 5.41) is 7.10. The van der Waals surface area contributed by atoms with Crippen LogP contribution >= 0.6 is 12.2 Å². The number of unbranched alkanes of at least 4 members (excludes halogenated alkanes) is 1. The van der Waals surface area contributed by atoms with E-state index in [1.54, 1.807) is 14.2 Å². The summed E-state index contributed by atoms with van der Waals surface area (Å²) in [5.74, 6) is 2.16. The van der Waals surface area contributed by atoms with Crippen LogP contribution in [0.1, 0.15) is 39.5 Å². The summed E-state index contributed by atoms with van der Waals surface area (Å²) >= 11 is 5.38. The van der Waals surface area contributed by atoms with Crippen LogP contribution in [0.15, 0.2) is 18.2 Å². The van der Waals surface area contributed by atoms with Crippen molar-refractivity contribution in [1.82, 2.24) is 5.32 Å². The molecule has 2 N–H and O–H groups in total. The standard InChI is InChI=1S/C17H28N2O2S/c1-5-7-8-13(6-2)12-18-17(22)19-15-11-14(20-3)9-10-16(15)21-4/h9-11,13H,5-8,12H2,1-4H3,(H2,18,19,22). The molecular weight excluding hydrogens is 296 g/mol. The van der Waals surface area contributed by atoms with E-state index in [9.17, 15) is 0 Å². The van der Waals surface area contributed by atoms with Crippen LogP contribution in [0.4, 0.5) is 5.69 Å². The van der Waals surface area contributed by atoms with Crippen molar-refractivity contribution in [2.24, 2.45) is 5.92 Å². The summed E-state index contributed by atoms with van der Waals surface area (Å²) in [6.45, 7) is 5.35. The van der Waals surface area contributed by atoms with Crippen LogP contribution in [0.2, 0.25) is 0 Å². The van der Waals surface area contributed by atoms with Crippen molar-refractivity contribution in [3.63, 3.8) is 0 Å². The number of nitrogens with one attached hydrogen (secondary N) is 2. The van der Waals surface area contributed by atoms with E-state index < -0.39 is 0 Å². The van der Waals surface area contributed by atoms with Gasteiger partial charge in [0.05, 0.1) is 19.9 Å². The monoisotopic (exact) mass is 324 g/mol. The summed E-state index contributed by atoms with van der Waals surface area (Å²) in [7, 11) is 3.28. The molecule has 0 radical (unpaired) electrons. The normalized spacial score (nSPS) is 11.6. The maximum Gasteiger partial charge on any atom is 0.170 e. The van der Waals surface area contributed by atoms with Crippen LogP contribution in [0, 0.1) is 5.92 Å². The zero-order valence-corrected chi connectivity index (χ0v) is 14.9. The van der Waals surface area contributed by atoms with Gasteiger partial charge in [0, 0.05) is 12.6 Å². The Morgan fingerprint density at radius 1 is 1.23 bits per heavy atom. The minimum Gasteiger partial charge on any atom is -0.497 e. The number of rotatable bonds is 9. The Bertz CT molecular complexity index is 466. The van der Waals surface area contributed by atoms with Crippen molar-refractivity contribution < 1.29 is 9.47 Å². The molecule has 0 saturated carbocycles. The molecule has 1 aromatic carbocycles. The molecule has 1 aromatic rings. The largest absolute Gasteiger partial charge is 0.497 e. The quantitative estimate of drug-likeness (QED) is 0.666. The fourth-order valence-electron chi connectivity index (χ4n) is 2.26. The summed E-state index contributed by atoms with van der Waals surface area (Å²) in [5.41, 5.74) is 0.806. The van der Waals surface area contributed by atoms with Crippen LogP contribution in [0.3, 0.4) is 0 Å². The van der Waals surface area contributed by atoms with Gasteiger partial charge < -0.3 is 20.1 Å². The van der Waals surface area contributed by atoms with E-state index in [1.165, 1.54) is 19.3 Å². The predicted octanol–water partition coefficient (Wildman–Crippen LogP) is 4.21. The molecule has 1 unspecified atom stereocenters. The highest BCUT2D eigenvalue weighted by Gasteiger charge is 2.09. The van der Waals surface area contributed by atoms with Crippen molar-refractivity contribution in [2.75, 3.05) is 26.1 Å². The van der Waals surface area contributed by atoms with E-state index in [2.05, 4.69) is 24.5 Å². The number of benzene rings is 1. The second kappa shape index (κ2) is 10.3. The van der Waals surface area contributed by atoms with Crippen molar-refractivity contribution in [2.45, 2.75) is 39.5 Å². The molecule has 0 aliphatic rings. The third kappa shape index (κ3) is 6.10. The third-order valence-electron chi connectivity index (χ3n) is 3.75. The maximum absolute atomic E-state index is 5.38. The van der Waals surface area contributed by atoms with Gasteiger partial charge in [-0.15, -0.1) is 0 Å². The molecule has 0 heterocycles. The first kappa shape index (κ1) is 18.6. The molecule has 5 heteroatoms. The highest BCUT2D eigenvalue weighted by molar-refractivity contribution is 7.80. The van der Waals surface area contributed by atoms with Gasteiger partial charge in [-0.25, -0.2) is 0 Å². The van der Waals surface area contributed by atoms with Crippen molar-refractivity contribution in [1.29, 1.82) is 0 Å². The first-order chi connectivity index (χ1) is 10.6. The molecule has 124 valence electrons. The molecule has 0 saturated heterocycles. The Morgan fingerprint density at radius 2 is 2.00 bits per heavy atom. The SMILES string of the molecule is CCCCC(CC)CNC(=S)Nc1cc(OC)ccc1OC. The van der Waals surface area contributed by atoms with Crippen molar-refractivity contribution in [3.05, 3.63) is 18.2 Å². The molecule has 1 atom stereocenters. The van der Waals surface area contributed by atoms with Gasteiger partial charge in [0.25, 0.3) is 0 Å². The average molecular weight is 324 g/mol. The minimum atomic E-state index is 0.613.